The standard InChI is InChI=1S/C21H20FN3O2S/c1-4-25(14-7-8-17(27-3)15(22)11-14)21(26)19-12(2)18-16(24-13-5-6-13)9-10-23-20(18)28-19/h4,7-11,13H,1,5-6H2,2-3H3,(H,23,24). The molecule has 1 fully saturated rings. The molecule has 0 bridgehead atoms. The number of aromatic nitrogens is 1. The van der Waals surface area contributed by atoms with Crippen molar-refractivity contribution >= 4 is 38.8 Å². The van der Waals surface area contributed by atoms with E-state index in [9.17, 15) is 9.18 Å². The Morgan fingerprint density at radius 2 is 2.21 bits per heavy atom. The summed E-state index contributed by atoms with van der Waals surface area (Å²) in [7, 11) is 1.40. The fraction of sp³-hybridized carbons (Fsp3) is 0.238. The molecule has 1 N–H and O–H groups in total. The Bertz CT molecular complexity index is 1070. The maximum absolute atomic E-state index is 14.1. The topological polar surface area (TPSA) is 54.5 Å². The zero-order valence-corrected chi connectivity index (χ0v) is 16.5. The van der Waals surface area contributed by atoms with Gasteiger partial charge in [0.15, 0.2) is 11.6 Å². The van der Waals surface area contributed by atoms with Crippen LogP contribution in [0.1, 0.15) is 28.1 Å². The minimum atomic E-state index is -0.537. The molecule has 1 aliphatic rings. The van der Waals surface area contributed by atoms with Gasteiger partial charge in [0, 0.05) is 35.6 Å². The van der Waals surface area contributed by atoms with E-state index in [1.54, 1.807) is 12.3 Å². The van der Waals surface area contributed by atoms with E-state index in [-0.39, 0.29) is 11.7 Å². The van der Waals surface area contributed by atoms with Crippen molar-refractivity contribution < 1.29 is 13.9 Å². The third kappa shape index (κ3) is 3.22. The number of benzene rings is 1. The molecule has 0 aliphatic heterocycles. The van der Waals surface area contributed by atoms with Crippen LogP contribution in [0.25, 0.3) is 10.2 Å². The molecule has 1 aromatic carbocycles. The summed E-state index contributed by atoms with van der Waals surface area (Å²) in [6, 6.07) is 6.82. The summed E-state index contributed by atoms with van der Waals surface area (Å²) in [6.45, 7) is 5.65. The number of carbonyl (C=O) groups excluding carboxylic acids is 1. The van der Waals surface area contributed by atoms with Crippen LogP contribution in [0.15, 0.2) is 43.2 Å². The third-order valence-electron chi connectivity index (χ3n) is 4.78. The number of nitrogens with zero attached hydrogens (tertiary/aromatic N) is 2. The maximum atomic E-state index is 14.1. The quantitative estimate of drug-likeness (QED) is 0.627. The molecule has 1 amide bonds. The van der Waals surface area contributed by atoms with Gasteiger partial charge < -0.3 is 10.1 Å². The van der Waals surface area contributed by atoms with Gasteiger partial charge >= 0.3 is 0 Å². The highest BCUT2D eigenvalue weighted by molar-refractivity contribution is 7.20. The lowest BCUT2D eigenvalue weighted by atomic mass is 10.1. The zero-order valence-electron chi connectivity index (χ0n) is 15.7. The number of carbonyl (C=O) groups is 1. The second kappa shape index (κ2) is 7.24. The zero-order chi connectivity index (χ0) is 19.8. The van der Waals surface area contributed by atoms with Crippen LogP contribution in [0.2, 0.25) is 0 Å². The van der Waals surface area contributed by atoms with E-state index in [1.807, 2.05) is 13.0 Å². The minimum Gasteiger partial charge on any atom is -0.494 e. The number of hydrogen-bond acceptors (Lipinski definition) is 5. The Balaban J connectivity index is 1.73. The first-order chi connectivity index (χ1) is 13.5. The Morgan fingerprint density at radius 1 is 1.43 bits per heavy atom. The Kier molecular flexibility index (Phi) is 4.77. The number of fused-ring (bicyclic) bond motifs is 1. The Hall–Kier alpha value is -2.93. The Labute approximate surface area is 166 Å². The molecule has 144 valence electrons. The van der Waals surface area contributed by atoms with Crippen LogP contribution in [0, 0.1) is 12.7 Å². The lowest BCUT2D eigenvalue weighted by Crippen LogP contribution is -2.24. The fourth-order valence-corrected chi connectivity index (χ4v) is 4.27. The molecule has 4 rings (SSSR count). The molecular formula is C21H20FN3O2S. The normalized spacial score (nSPS) is 13.4. The fourth-order valence-electron chi connectivity index (χ4n) is 3.16. The number of methoxy groups -OCH3 is 1. The van der Waals surface area contributed by atoms with E-state index in [0.29, 0.717) is 16.6 Å². The van der Waals surface area contributed by atoms with Crippen LogP contribution in [0.5, 0.6) is 5.75 Å². The number of nitrogens with one attached hydrogen (secondary N) is 1. The number of amides is 1. The van der Waals surface area contributed by atoms with E-state index in [4.69, 9.17) is 4.74 Å². The summed E-state index contributed by atoms with van der Waals surface area (Å²) in [5.74, 6) is -0.680. The molecule has 0 atom stereocenters. The van der Waals surface area contributed by atoms with Crippen LogP contribution in [-0.4, -0.2) is 24.0 Å². The summed E-state index contributed by atoms with van der Waals surface area (Å²) in [6.07, 6.45) is 5.46. The summed E-state index contributed by atoms with van der Waals surface area (Å²) in [5, 5.41) is 4.47. The number of halogens is 1. The lowest BCUT2D eigenvalue weighted by molar-refractivity contribution is 0.100. The van der Waals surface area contributed by atoms with Gasteiger partial charge in [-0.05, 0) is 43.5 Å². The van der Waals surface area contributed by atoms with E-state index in [0.717, 1.165) is 34.3 Å². The largest absolute Gasteiger partial charge is 0.494 e. The van der Waals surface area contributed by atoms with Crippen molar-refractivity contribution in [2.45, 2.75) is 25.8 Å². The highest BCUT2D eigenvalue weighted by Crippen LogP contribution is 2.38. The molecule has 2 heterocycles. The predicted octanol–water partition coefficient (Wildman–Crippen LogP) is 5.12. The third-order valence-corrected chi connectivity index (χ3v) is 5.96. The molecule has 1 aliphatic carbocycles. The minimum absolute atomic E-state index is 0.123. The molecule has 1 saturated carbocycles. The van der Waals surface area contributed by atoms with Crippen molar-refractivity contribution in [3.05, 3.63) is 59.5 Å². The van der Waals surface area contributed by atoms with Gasteiger partial charge in [0.2, 0.25) is 0 Å². The first-order valence-electron chi connectivity index (χ1n) is 8.97. The predicted molar refractivity (Wildman–Crippen MR) is 111 cm³/mol. The Morgan fingerprint density at radius 3 is 2.86 bits per heavy atom. The number of anilines is 2. The maximum Gasteiger partial charge on any atom is 0.272 e. The second-order valence-electron chi connectivity index (χ2n) is 6.69. The monoisotopic (exact) mass is 397 g/mol. The smallest absolute Gasteiger partial charge is 0.272 e. The summed E-state index contributed by atoms with van der Waals surface area (Å²) in [4.78, 5) is 20.4. The number of ether oxygens (including phenoxy) is 1. The van der Waals surface area contributed by atoms with Crippen LogP contribution < -0.4 is 15.0 Å². The van der Waals surface area contributed by atoms with Crippen molar-refractivity contribution in [1.29, 1.82) is 0 Å². The highest BCUT2D eigenvalue weighted by atomic mass is 32.1. The van der Waals surface area contributed by atoms with Crippen LogP contribution in [0.4, 0.5) is 15.8 Å². The number of aryl methyl sites for hydroxylation is 1. The average molecular weight is 397 g/mol. The van der Waals surface area contributed by atoms with Crippen molar-refractivity contribution in [2.75, 3.05) is 17.3 Å². The molecule has 0 saturated heterocycles. The molecule has 2 aromatic heterocycles. The van der Waals surface area contributed by atoms with Gasteiger partial charge in [-0.2, -0.15) is 0 Å². The molecule has 5 nitrogen and oxygen atoms in total. The molecule has 0 spiro atoms. The van der Waals surface area contributed by atoms with E-state index in [2.05, 4.69) is 16.9 Å². The van der Waals surface area contributed by atoms with Crippen LogP contribution in [0.3, 0.4) is 0 Å². The van der Waals surface area contributed by atoms with Crippen LogP contribution >= 0.6 is 11.3 Å². The number of hydrogen-bond donors (Lipinski definition) is 1. The molecule has 3 aromatic rings. The molecule has 0 radical (unpaired) electrons. The average Bonchev–Trinajstić information content (AvgIpc) is 3.44. The van der Waals surface area contributed by atoms with Gasteiger partial charge in [-0.3, -0.25) is 9.69 Å². The molecule has 28 heavy (non-hydrogen) atoms. The van der Waals surface area contributed by atoms with Crippen molar-refractivity contribution in [1.82, 2.24) is 4.98 Å². The van der Waals surface area contributed by atoms with Gasteiger partial charge in [-0.1, -0.05) is 6.58 Å². The van der Waals surface area contributed by atoms with Crippen molar-refractivity contribution in [3.8, 4) is 5.75 Å². The van der Waals surface area contributed by atoms with Crippen molar-refractivity contribution in [3.63, 3.8) is 0 Å². The van der Waals surface area contributed by atoms with Gasteiger partial charge in [0.05, 0.1) is 17.7 Å². The molecule has 7 heteroatoms. The van der Waals surface area contributed by atoms with Gasteiger partial charge in [0.1, 0.15) is 4.83 Å². The first-order valence-corrected chi connectivity index (χ1v) is 9.79. The van der Waals surface area contributed by atoms with Crippen LogP contribution in [-0.2, 0) is 0 Å². The SMILES string of the molecule is C=CN(C(=O)c1sc2nccc(NC3CC3)c2c1C)c1ccc(OC)c(F)c1. The summed E-state index contributed by atoms with van der Waals surface area (Å²) in [5.41, 5.74) is 2.25. The van der Waals surface area contributed by atoms with Crippen molar-refractivity contribution in [2.24, 2.45) is 0 Å². The van der Waals surface area contributed by atoms with Gasteiger partial charge in [-0.25, -0.2) is 9.37 Å². The van der Waals surface area contributed by atoms with Gasteiger partial charge in [-0.15, -0.1) is 11.3 Å². The van der Waals surface area contributed by atoms with Gasteiger partial charge in [0.25, 0.3) is 5.91 Å². The summed E-state index contributed by atoms with van der Waals surface area (Å²) < 4.78 is 19.1. The van der Waals surface area contributed by atoms with E-state index >= 15 is 0 Å². The molecule has 0 unspecified atom stereocenters. The highest BCUT2D eigenvalue weighted by Gasteiger charge is 2.26. The number of rotatable bonds is 6. The van der Waals surface area contributed by atoms with E-state index < -0.39 is 5.82 Å². The lowest BCUT2D eigenvalue weighted by Gasteiger charge is -2.18. The first kappa shape index (κ1) is 18.4. The number of thiophene rings is 1. The second-order valence-corrected chi connectivity index (χ2v) is 7.69. The molecular weight excluding hydrogens is 377 g/mol. The number of pyridine rings is 1. The van der Waals surface area contributed by atoms with E-state index in [1.165, 1.54) is 41.7 Å². The summed E-state index contributed by atoms with van der Waals surface area (Å²) >= 11 is 1.34.